The van der Waals surface area contributed by atoms with Crippen LogP contribution in [0.15, 0.2) is 0 Å². The van der Waals surface area contributed by atoms with E-state index >= 15 is 0 Å². The number of aromatic nitrogens is 2. The van der Waals surface area contributed by atoms with Gasteiger partial charge in [0.05, 0.1) is 6.61 Å². The zero-order chi connectivity index (χ0) is 14.3. The third-order valence-electron chi connectivity index (χ3n) is 2.56. The Kier molecular flexibility index (Phi) is 6.35. The van der Waals surface area contributed by atoms with Crippen LogP contribution in [0.5, 0.6) is 5.88 Å². The van der Waals surface area contributed by atoms with Gasteiger partial charge in [0.15, 0.2) is 5.82 Å². The number of nitrogen functional groups attached to an aromatic ring is 1. The fourth-order valence-corrected chi connectivity index (χ4v) is 1.61. The van der Waals surface area contributed by atoms with Crippen molar-refractivity contribution in [1.82, 2.24) is 14.9 Å². The molecule has 0 fully saturated rings. The lowest BCUT2D eigenvalue weighted by atomic mass is 10.3. The second-order valence-corrected chi connectivity index (χ2v) is 4.62. The first-order valence-electron chi connectivity index (χ1n) is 6.76. The van der Waals surface area contributed by atoms with Crippen LogP contribution >= 0.6 is 0 Å². The van der Waals surface area contributed by atoms with E-state index in [1.54, 1.807) is 0 Å². The van der Waals surface area contributed by atoms with Crippen LogP contribution in [0.3, 0.4) is 0 Å². The van der Waals surface area contributed by atoms with Gasteiger partial charge >= 0.3 is 0 Å². The first-order chi connectivity index (χ1) is 9.08. The first kappa shape index (κ1) is 15.5. The molecule has 6 heteroatoms. The maximum Gasteiger partial charge on any atom is 0.242 e. The fourth-order valence-electron chi connectivity index (χ4n) is 1.61. The Hall–Kier alpha value is -1.56. The van der Waals surface area contributed by atoms with Gasteiger partial charge < -0.3 is 20.7 Å². The molecule has 1 heterocycles. The highest BCUT2D eigenvalue weighted by atomic mass is 16.5. The van der Waals surface area contributed by atoms with Crippen LogP contribution in [-0.2, 0) is 6.42 Å². The van der Waals surface area contributed by atoms with Gasteiger partial charge in [-0.15, -0.1) is 0 Å². The number of nitrogens with two attached hydrogens (primary N) is 1. The lowest BCUT2D eigenvalue weighted by molar-refractivity contribution is 0.327. The van der Waals surface area contributed by atoms with Crippen molar-refractivity contribution in [2.24, 2.45) is 0 Å². The molecule has 0 spiro atoms. The Morgan fingerprint density at radius 3 is 2.58 bits per heavy atom. The molecule has 1 aromatic heterocycles. The molecule has 0 radical (unpaired) electrons. The van der Waals surface area contributed by atoms with Crippen molar-refractivity contribution in [2.75, 3.05) is 44.8 Å². The molecule has 3 N–H and O–H groups in total. The zero-order valence-corrected chi connectivity index (χ0v) is 12.4. The first-order valence-corrected chi connectivity index (χ1v) is 6.76. The molecule has 0 atom stereocenters. The lowest BCUT2D eigenvalue weighted by Gasteiger charge is -2.15. The highest BCUT2D eigenvalue weighted by Crippen LogP contribution is 2.26. The van der Waals surface area contributed by atoms with Crippen molar-refractivity contribution in [3.8, 4) is 5.88 Å². The molecule has 0 bridgehead atoms. The lowest BCUT2D eigenvalue weighted by Crippen LogP contribution is -2.22. The van der Waals surface area contributed by atoms with E-state index in [1.165, 1.54) is 0 Å². The molecule has 0 amide bonds. The van der Waals surface area contributed by atoms with Crippen molar-refractivity contribution < 1.29 is 4.74 Å². The number of rotatable bonds is 8. The summed E-state index contributed by atoms with van der Waals surface area (Å²) >= 11 is 0. The summed E-state index contributed by atoms with van der Waals surface area (Å²) in [6, 6.07) is 0. The molecule has 0 aliphatic rings. The highest BCUT2D eigenvalue weighted by molar-refractivity contribution is 5.66. The third kappa shape index (κ3) is 4.90. The molecule has 1 rings (SSSR count). The Bertz CT molecular complexity index is 395. The highest BCUT2D eigenvalue weighted by Gasteiger charge is 2.12. The summed E-state index contributed by atoms with van der Waals surface area (Å²) in [4.78, 5) is 10.9. The van der Waals surface area contributed by atoms with E-state index in [9.17, 15) is 0 Å². The van der Waals surface area contributed by atoms with Crippen LogP contribution in [0.2, 0.25) is 0 Å². The Balaban J connectivity index is 2.86. The second-order valence-electron chi connectivity index (χ2n) is 4.62. The maximum absolute atomic E-state index is 6.03. The summed E-state index contributed by atoms with van der Waals surface area (Å²) in [5.74, 6) is 1.92. The number of ether oxygens (including phenoxy) is 1. The van der Waals surface area contributed by atoms with Gasteiger partial charge in [0.25, 0.3) is 0 Å². The van der Waals surface area contributed by atoms with Gasteiger partial charge in [-0.3, -0.25) is 0 Å². The smallest absolute Gasteiger partial charge is 0.242 e. The Labute approximate surface area is 115 Å². The summed E-state index contributed by atoms with van der Waals surface area (Å²) in [6.07, 6.45) is 1.81. The normalized spacial score (nSPS) is 10.8. The van der Waals surface area contributed by atoms with E-state index in [0.717, 1.165) is 31.8 Å². The molecular formula is C13H25N5O. The summed E-state index contributed by atoms with van der Waals surface area (Å²) in [5.41, 5.74) is 6.51. The summed E-state index contributed by atoms with van der Waals surface area (Å²) in [7, 11) is 4.05. The van der Waals surface area contributed by atoms with Crippen LogP contribution in [0, 0.1) is 0 Å². The average molecular weight is 267 g/mol. The predicted molar refractivity (Wildman–Crippen MR) is 78.7 cm³/mol. The minimum Gasteiger partial charge on any atom is -0.476 e. The van der Waals surface area contributed by atoms with Gasteiger partial charge in [-0.2, -0.15) is 4.98 Å². The molecule has 0 aliphatic heterocycles. The SMILES string of the molecule is CCCc1nc(NCCN(C)C)c(N)c(OCC)n1. The Morgan fingerprint density at radius 1 is 1.26 bits per heavy atom. The van der Waals surface area contributed by atoms with E-state index in [2.05, 4.69) is 27.1 Å². The van der Waals surface area contributed by atoms with Gasteiger partial charge in [0, 0.05) is 19.5 Å². The molecular weight excluding hydrogens is 242 g/mol. The van der Waals surface area contributed by atoms with Crippen LogP contribution < -0.4 is 15.8 Å². The largest absolute Gasteiger partial charge is 0.476 e. The summed E-state index contributed by atoms with van der Waals surface area (Å²) in [5, 5.41) is 3.24. The van der Waals surface area contributed by atoms with Crippen LogP contribution in [-0.4, -0.2) is 48.7 Å². The summed E-state index contributed by atoms with van der Waals surface area (Å²) < 4.78 is 5.47. The molecule has 0 saturated carbocycles. The molecule has 19 heavy (non-hydrogen) atoms. The average Bonchev–Trinajstić information content (AvgIpc) is 2.34. The van der Waals surface area contributed by atoms with Crippen LogP contribution in [0.1, 0.15) is 26.1 Å². The number of aryl methyl sites for hydroxylation is 1. The van der Waals surface area contributed by atoms with Crippen molar-refractivity contribution >= 4 is 11.5 Å². The van der Waals surface area contributed by atoms with E-state index in [-0.39, 0.29) is 0 Å². The van der Waals surface area contributed by atoms with E-state index < -0.39 is 0 Å². The van der Waals surface area contributed by atoms with Gasteiger partial charge in [-0.25, -0.2) is 4.98 Å². The minimum atomic E-state index is 0.480. The van der Waals surface area contributed by atoms with Crippen molar-refractivity contribution in [3.63, 3.8) is 0 Å². The topological polar surface area (TPSA) is 76.3 Å². The molecule has 6 nitrogen and oxygen atoms in total. The standard InChI is InChI=1S/C13H25N5O/c1-5-7-10-16-12(15-8-9-18(3)4)11(14)13(17-10)19-6-2/h5-9,14H2,1-4H3,(H,15,16,17). The number of anilines is 2. The van der Waals surface area contributed by atoms with E-state index in [4.69, 9.17) is 10.5 Å². The number of likely N-dealkylation sites (N-methyl/N-ethyl adjacent to an activating group) is 1. The van der Waals surface area contributed by atoms with Crippen molar-refractivity contribution in [3.05, 3.63) is 5.82 Å². The van der Waals surface area contributed by atoms with Crippen LogP contribution in [0.4, 0.5) is 11.5 Å². The van der Waals surface area contributed by atoms with Gasteiger partial charge in [0.1, 0.15) is 11.5 Å². The predicted octanol–water partition coefficient (Wildman–Crippen LogP) is 1.38. The van der Waals surface area contributed by atoms with Crippen molar-refractivity contribution in [1.29, 1.82) is 0 Å². The van der Waals surface area contributed by atoms with Gasteiger partial charge in [-0.1, -0.05) is 6.92 Å². The second kappa shape index (κ2) is 7.78. The third-order valence-corrected chi connectivity index (χ3v) is 2.56. The molecule has 108 valence electrons. The zero-order valence-electron chi connectivity index (χ0n) is 12.4. The molecule has 1 aromatic rings. The number of hydrogen-bond acceptors (Lipinski definition) is 6. The fraction of sp³-hybridized carbons (Fsp3) is 0.692. The number of hydrogen-bond donors (Lipinski definition) is 2. The Morgan fingerprint density at radius 2 is 2.00 bits per heavy atom. The number of nitrogens with zero attached hydrogens (tertiary/aromatic N) is 3. The molecule has 0 aromatic carbocycles. The quantitative estimate of drug-likeness (QED) is 0.741. The van der Waals surface area contributed by atoms with Crippen LogP contribution in [0.25, 0.3) is 0 Å². The maximum atomic E-state index is 6.03. The van der Waals surface area contributed by atoms with Crippen molar-refractivity contribution in [2.45, 2.75) is 26.7 Å². The van der Waals surface area contributed by atoms with E-state index in [0.29, 0.717) is 24.0 Å². The summed E-state index contributed by atoms with van der Waals surface area (Å²) in [6.45, 7) is 6.26. The molecule has 0 aliphatic carbocycles. The van der Waals surface area contributed by atoms with Gasteiger partial charge in [0.2, 0.25) is 5.88 Å². The van der Waals surface area contributed by atoms with E-state index in [1.807, 2.05) is 21.0 Å². The molecule has 0 unspecified atom stereocenters. The molecule has 0 saturated heterocycles. The monoisotopic (exact) mass is 267 g/mol. The minimum absolute atomic E-state index is 0.480. The number of nitrogens with one attached hydrogen (secondary N) is 1. The van der Waals surface area contributed by atoms with Gasteiger partial charge in [-0.05, 0) is 27.4 Å².